The molecule has 2 aromatic rings. The Morgan fingerprint density at radius 3 is 2.40 bits per heavy atom. The number of methoxy groups -OCH3 is 2. The van der Waals surface area contributed by atoms with Crippen LogP contribution in [0.25, 0.3) is 0 Å². The lowest BCUT2D eigenvalue weighted by Gasteiger charge is -2.17. The van der Waals surface area contributed by atoms with E-state index in [9.17, 15) is 4.39 Å². The van der Waals surface area contributed by atoms with Gasteiger partial charge in [0.1, 0.15) is 5.75 Å². The van der Waals surface area contributed by atoms with Crippen LogP contribution < -0.4 is 15.2 Å². The molecule has 5 heteroatoms. The highest BCUT2D eigenvalue weighted by Crippen LogP contribution is 2.32. The minimum absolute atomic E-state index is 0.173. The molecule has 1 atom stereocenters. The van der Waals surface area contributed by atoms with Crippen molar-refractivity contribution in [3.63, 3.8) is 0 Å². The molecule has 0 saturated heterocycles. The smallest absolute Gasteiger partial charge is 0.165 e. The molecular formula is C15H15BrFNO2. The molecule has 0 heterocycles. The normalized spacial score (nSPS) is 12.1. The molecule has 2 N–H and O–H groups in total. The van der Waals surface area contributed by atoms with Gasteiger partial charge in [0.15, 0.2) is 11.6 Å². The predicted octanol–water partition coefficient (Wildman–Crippen LogP) is 3.65. The maximum absolute atomic E-state index is 13.4. The lowest BCUT2D eigenvalue weighted by atomic mass is 9.98. The van der Waals surface area contributed by atoms with Crippen LogP contribution in [-0.4, -0.2) is 14.2 Å². The molecule has 0 aliphatic carbocycles. The van der Waals surface area contributed by atoms with Crippen molar-refractivity contribution in [2.75, 3.05) is 14.2 Å². The third kappa shape index (κ3) is 2.94. The minimum Gasteiger partial charge on any atom is -0.496 e. The summed E-state index contributed by atoms with van der Waals surface area (Å²) in [5.41, 5.74) is 7.82. The monoisotopic (exact) mass is 339 g/mol. The zero-order chi connectivity index (χ0) is 14.7. The maximum atomic E-state index is 13.4. The Morgan fingerprint density at radius 1 is 1.05 bits per heavy atom. The summed E-state index contributed by atoms with van der Waals surface area (Å²) < 4.78 is 24.6. The van der Waals surface area contributed by atoms with Crippen LogP contribution in [-0.2, 0) is 0 Å². The Balaban J connectivity index is 2.45. The number of benzene rings is 2. The molecule has 3 nitrogen and oxygen atoms in total. The number of nitrogens with two attached hydrogens (primary N) is 1. The first-order chi connectivity index (χ1) is 9.56. The largest absolute Gasteiger partial charge is 0.496 e. The first kappa shape index (κ1) is 14.8. The van der Waals surface area contributed by atoms with Crippen LogP contribution in [0.3, 0.4) is 0 Å². The van der Waals surface area contributed by atoms with E-state index in [0.717, 1.165) is 15.6 Å². The number of hydrogen-bond donors (Lipinski definition) is 1. The number of rotatable bonds is 4. The summed E-state index contributed by atoms with van der Waals surface area (Å²) in [6.45, 7) is 0. The Bertz CT molecular complexity index is 619. The summed E-state index contributed by atoms with van der Waals surface area (Å²) in [5.74, 6) is 0.445. The highest BCUT2D eigenvalue weighted by atomic mass is 79.9. The molecule has 0 aromatic heterocycles. The molecule has 0 amide bonds. The molecule has 0 spiro atoms. The second kappa shape index (κ2) is 6.24. The Morgan fingerprint density at radius 2 is 1.75 bits per heavy atom. The second-order valence-corrected chi connectivity index (χ2v) is 5.17. The molecule has 0 fully saturated rings. The quantitative estimate of drug-likeness (QED) is 0.924. The number of ether oxygens (including phenoxy) is 2. The van der Waals surface area contributed by atoms with Gasteiger partial charge in [-0.1, -0.05) is 22.0 Å². The van der Waals surface area contributed by atoms with Gasteiger partial charge >= 0.3 is 0 Å². The van der Waals surface area contributed by atoms with Gasteiger partial charge in [0.25, 0.3) is 0 Å². The average Bonchev–Trinajstić information content (AvgIpc) is 2.47. The van der Waals surface area contributed by atoms with Gasteiger partial charge in [-0.3, -0.25) is 0 Å². The average molecular weight is 340 g/mol. The zero-order valence-electron chi connectivity index (χ0n) is 11.2. The maximum Gasteiger partial charge on any atom is 0.165 e. The van der Waals surface area contributed by atoms with Crippen LogP contribution in [0.4, 0.5) is 4.39 Å². The summed E-state index contributed by atoms with van der Waals surface area (Å²) in [7, 11) is 3.01. The van der Waals surface area contributed by atoms with Gasteiger partial charge in [-0.15, -0.1) is 0 Å². The standard InChI is InChI=1S/C15H15BrFNO2/c1-19-13-6-4-10(16)8-11(13)15(18)9-3-5-12(17)14(7-9)20-2/h3-8,15H,18H2,1-2H3. The molecular weight excluding hydrogens is 325 g/mol. The minimum atomic E-state index is -0.433. The molecule has 2 rings (SSSR count). The van der Waals surface area contributed by atoms with E-state index in [2.05, 4.69) is 15.9 Å². The summed E-state index contributed by atoms with van der Waals surface area (Å²) in [6.07, 6.45) is 0. The third-order valence-corrected chi connectivity index (χ3v) is 3.55. The summed E-state index contributed by atoms with van der Waals surface area (Å²) in [4.78, 5) is 0. The van der Waals surface area contributed by atoms with E-state index in [4.69, 9.17) is 15.2 Å². The Labute approximate surface area is 125 Å². The fraction of sp³-hybridized carbons (Fsp3) is 0.200. The van der Waals surface area contributed by atoms with Crippen molar-refractivity contribution in [3.05, 3.63) is 57.8 Å². The van der Waals surface area contributed by atoms with Crippen molar-refractivity contribution in [3.8, 4) is 11.5 Å². The van der Waals surface area contributed by atoms with Crippen molar-refractivity contribution >= 4 is 15.9 Å². The molecule has 0 saturated carbocycles. The van der Waals surface area contributed by atoms with Gasteiger partial charge < -0.3 is 15.2 Å². The lowest BCUT2D eigenvalue weighted by molar-refractivity contribution is 0.385. The first-order valence-electron chi connectivity index (χ1n) is 5.99. The predicted molar refractivity (Wildman–Crippen MR) is 79.7 cm³/mol. The van der Waals surface area contributed by atoms with Crippen molar-refractivity contribution < 1.29 is 13.9 Å². The van der Waals surface area contributed by atoms with Crippen LogP contribution in [0.1, 0.15) is 17.2 Å². The summed E-state index contributed by atoms with van der Waals surface area (Å²) >= 11 is 3.41. The van der Waals surface area contributed by atoms with Gasteiger partial charge in [0.05, 0.1) is 20.3 Å². The van der Waals surface area contributed by atoms with Gasteiger partial charge in [-0.25, -0.2) is 4.39 Å². The summed E-state index contributed by atoms with van der Waals surface area (Å²) in [6, 6.07) is 9.75. The molecule has 20 heavy (non-hydrogen) atoms. The fourth-order valence-corrected chi connectivity index (χ4v) is 2.38. The molecule has 0 radical (unpaired) electrons. The van der Waals surface area contributed by atoms with E-state index >= 15 is 0 Å². The van der Waals surface area contributed by atoms with E-state index in [1.807, 2.05) is 18.2 Å². The van der Waals surface area contributed by atoms with E-state index in [0.29, 0.717) is 5.75 Å². The van der Waals surface area contributed by atoms with Crippen LogP contribution in [0.5, 0.6) is 11.5 Å². The van der Waals surface area contributed by atoms with E-state index in [-0.39, 0.29) is 5.75 Å². The molecule has 106 valence electrons. The van der Waals surface area contributed by atoms with Crippen LogP contribution >= 0.6 is 15.9 Å². The fourth-order valence-electron chi connectivity index (χ4n) is 2.00. The van der Waals surface area contributed by atoms with Crippen molar-refractivity contribution in [1.82, 2.24) is 0 Å². The molecule has 0 bridgehead atoms. The Hall–Kier alpha value is -1.59. The highest BCUT2D eigenvalue weighted by molar-refractivity contribution is 9.10. The molecule has 0 aliphatic rings. The zero-order valence-corrected chi connectivity index (χ0v) is 12.8. The number of halogens is 2. The van der Waals surface area contributed by atoms with Gasteiger partial charge in [0.2, 0.25) is 0 Å². The van der Waals surface area contributed by atoms with E-state index in [1.165, 1.54) is 13.2 Å². The molecule has 1 unspecified atom stereocenters. The highest BCUT2D eigenvalue weighted by Gasteiger charge is 2.16. The van der Waals surface area contributed by atoms with Crippen molar-refractivity contribution in [1.29, 1.82) is 0 Å². The van der Waals surface area contributed by atoms with Gasteiger partial charge in [-0.05, 0) is 35.9 Å². The van der Waals surface area contributed by atoms with Crippen LogP contribution in [0.15, 0.2) is 40.9 Å². The molecule has 2 aromatic carbocycles. The van der Waals surface area contributed by atoms with Gasteiger partial charge in [0, 0.05) is 10.0 Å². The van der Waals surface area contributed by atoms with Crippen molar-refractivity contribution in [2.45, 2.75) is 6.04 Å². The molecule has 0 aliphatic heterocycles. The van der Waals surface area contributed by atoms with Gasteiger partial charge in [-0.2, -0.15) is 0 Å². The van der Waals surface area contributed by atoms with Crippen LogP contribution in [0.2, 0.25) is 0 Å². The second-order valence-electron chi connectivity index (χ2n) is 4.26. The number of hydrogen-bond acceptors (Lipinski definition) is 3. The van der Waals surface area contributed by atoms with E-state index in [1.54, 1.807) is 19.2 Å². The first-order valence-corrected chi connectivity index (χ1v) is 6.78. The van der Waals surface area contributed by atoms with Crippen LogP contribution in [0, 0.1) is 5.82 Å². The topological polar surface area (TPSA) is 44.5 Å². The summed E-state index contributed by atoms with van der Waals surface area (Å²) in [5, 5.41) is 0. The SMILES string of the molecule is COc1cc(C(N)c2cc(Br)ccc2OC)ccc1F. The van der Waals surface area contributed by atoms with Crippen molar-refractivity contribution in [2.24, 2.45) is 5.73 Å². The lowest BCUT2D eigenvalue weighted by Crippen LogP contribution is -2.13. The third-order valence-electron chi connectivity index (χ3n) is 3.06. The van der Waals surface area contributed by atoms with E-state index < -0.39 is 11.9 Å². The Kier molecular flexibility index (Phi) is 4.62.